The van der Waals surface area contributed by atoms with Gasteiger partial charge in [-0.1, -0.05) is 34.1 Å². The maximum absolute atomic E-state index is 5.81. The fraction of sp³-hybridized carbons (Fsp3) is 0.200. The number of benzene rings is 2. The molecule has 100 valence electrons. The number of halogens is 2. The predicted molar refractivity (Wildman–Crippen MR) is 89.1 cm³/mol. The fourth-order valence-electron chi connectivity index (χ4n) is 1.66. The first kappa shape index (κ1) is 14.7. The summed E-state index contributed by atoms with van der Waals surface area (Å²) in [6, 6.07) is 14.2. The van der Waals surface area contributed by atoms with E-state index in [1.165, 1.54) is 9.13 Å². The Balaban J connectivity index is 2.08. The number of rotatable bonds is 5. The second-order valence-corrected chi connectivity index (χ2v) is 5.84. The molecule has 0 radical (unpaired) electrons. The molecule has 2 aromatic carbocycles. The van der Waals surface area contributed by atoms with Gasteiger partial charge in [-0.3, -0.25) is 0 Å². The average molecular weight is 433 g/mol. The Labute approximate surface area is 135 Å². The van der Waals surface area contributed by atoms with Crippen molar-refractivity contribution in [3.8, 4) is 11.5 Å². The van der Waals surface area contributed by atoms with Crippen molar-refractivity contribution in [3.05, 3.63) is 57.2 Å². The lowest BCUT2D eigenvalue weighted by molar-refractivity contribution is 0.284. The largest absolute Gasteiger partial charge is 0.493 e. The van der Waals surface area contributed by atoms with E-state index in [4.69, 9.17) is 9.47 Å². The molecule has 0 heterocycles. The average Bonchev–Trinajstić information content (AvgIpc) is 2.46. The van der Waals surface area contributed by atoms with Crippen LogP contribution in [0, 0.1) is 3.57 Å². The maximum atomic E-state index is 5.81. The first-order valence-electron chi connectivity index (χ1n) is 5.83. The van der Waals surface area contributed by atoms with Gasteiger partial charge < -0.3 is 9.47 Å². The molecule has 0 saturated heterocycles. The topological polar surface area (TPSA) is 18.5 Å². The lowest BCUT2D eigenvalue weighted by atomic mass is 10.2. The molecule has 0 atom stereocenters. The van der Waals surface area contributed by atoms with Crippen LogP contribution in [-0.4, -0.2) is 7.11 Å². The van der Waals surface area contributed by atoms with Crippen molar-refractivity contribution >= 4 is 38.5 Å². The van der Waals surface area contributed by atoms with Crippen LogP contribution in [0.15, 0.2) is 42.5 Å². The van der Waals surface area contributed by atoms with Crippen molar-refractivity contribution in [1.82, 2.24) is 0 Å². The van der Waals surface area contributed by atoms with Gasteiger partial charge in [0.25, 0.3) is 0 Å². The zero-order valence-corrected chi connectivity index (χ0v) is 14.3. The van der Waals surface area contributed by atoms with Gasteiger partial charge in [0.1, 0.15) is 6.61 Å². The minimum atomic E-state index is 0.543. The summed E-state index contributed by atoms with van der Waals surface area (Å²) < 4.78 is 12.4. The van der Waals surface area contributed by atoms with Crippen molar-refractivity contribution in [3.63, 3.8) is 0 Å². The van der Waals surface area contributed by atoms with Gasteiger partial charge in [0, 0.05) is 8.90 Å². The molecule has 0 aromatic heterocycles. The Kier molecular flexibility index (Phi) is 5.51. The molecule has 0 aliphatic rings. The number of hydrogen-bond donors (Lipinski definition) is 0. The van der Waals surface area contributed by atoms with Crippen LogP contribution in [0.5, 0.6) is 11.5 Å². The van der Waals surface area contributed by atoms with E-state index in [2.05, 4.69) is 62.8 Å². The summed E-state index contributed by atoms with van der Waals surface area (Å²) in [7, 11) is 1.66. The molecule has 19 heavy (non-hydrogen) atoms. The molecule has 2 nitrogen and oxygen atoms in total. The maximum Gasteiger partial charge on any atom is 0.161 e. The molecule has 0 N–H and O–H groups in total. The summed E-state index contributed by atoms with van der Waals surface area (Å²) in [6.07, 6.45) is 0. The fourth-order valence-corrected chi connectivity index (χ4v) is 2.36. The molecule has 2 rings (SSSR count). The minimum Gasteiger partial charge on any atom is -0.493 e. The monoisotopic (exact) mass is 432 g/mol. The Morgan fingerprint density at radius 2 is 1.68 bits per heavy atom. The molecule has 2 aromatic rings. The Morgan fingerprint density at radius 1 is 1.00 bits per heavy atom. The third kappa shape index (κ3) is 4.11. The first-order valence-corrected chi connectivity index (χ1v) is 8.03. The van der Waals surface area contributed by atoms with Gasteiger partial charge in [-0.25, -0.2) is 0 Å². The lowest BCUT2D eigenvalue weighted by Gasteiger charge is -2.11. The van der Waals surface area contributed by atoms with Gasteiger partial charge in [0.2, 0.25) is 0 Å². The van der Waals surface area contributed by atoms with Crippen LogP contribution in [0.1, 0.15) is 11.1 Å². The van der Waals surface area contributed by atoms with Gasteiger partial charge in [-0.15, -0.1) is 0 Å². The van der Waals surface area contributed by atoms with Crippen molar-refractivity contribution in [1.29, 1.82) is 0 Å². The molecule has 0 spiro atoms. The van der Waals surface area contributed by atoms with E-state index in [-0.39, 0.29) is 0 Å². The summed E-state index contributed by atoms with van der Waals surface area (Å²) in [5.41, 5.74) is 2.31. The highest BCUT2D eigenvalue weighted by atomic mass is 127. The summed E-state index contributed by atoms with van der Waals surface area (Å²) in [6.45, 7) is 0.543. The Morgan fingerprint density at radius 3 is 2.32 bits per heavy atom. The first-order chi connectivity index (χ1) is 9.22. The van der Waals surface area contributed by atoms with E-state index in [1.54, 1.807) is 7.11 Å². The van der Waals surface area contributed by atoms with Crippen molar-refractivity contribution in [2.75, 3.05) is 7.11 Å². The molecule has 4 heteroatoms. The normalized spacial score (nSPS) is 10.3. The summed E-state index contributed by atoms with van der Waals surface area (Å²) in [5, 5.41) is 0.806. The van der Waals surface area contributed by atoms with Crippen LogP contribution in [0.4, 0.5) is 0 Å². The SMILES string of the molecule is COc1cc(CBr)ccc1OCc1ccc(I)cc1. The molecular formula is C15H14BrIO2. The van der Waals surface area contributed by atoms with E-state index < -0.39 is 0 Å². The van der Waals surface area contributed by atoms with Crippen molar-refractivity contribution < 1.29 is 9.47 Å². The van der Waals surface area contributed by atoms with Crippen molar-refractivity contribution in [2.45, 2.75) is 11.9 Å². The summed E-state index contributed by atoms with van der Waals surface area (Å²) in [4.78, 5) is 0. The van der Waals surface area contributed by atoms with Crippen LogP contribution in [0.2, 0.25) is 0 Å². The second kappa shape index (κ2) is 7.14. The van der Waals surface area contributed by atoms with Gasteiger partial charge in [-0.05, 0) is 58.0 Å². The van der Waals surface area contributed by atoms with Crippen LogP contribution >= 0.6 is 38.5 Å². The van der Waals surface area contributed by atoms with E-state index in [0.29, 0.717) is 6.61 Å². The molecule has 0 unspecified atom stereocenters. The lowest BCUT2D eigenvalue weighted by Crippen LogP contribution is -1.98. The quantitative estimate of drug-likeness (QED) is 0.500. The number of methoxy groups -OCH3 is 1. The highest BCUT2D eigenvalue weighted by Gasteiger charge is 2.05. The third-order valence-electron chi connectivity index (χ3n) is 2.69. The zero-order valence-electron chi connectivity index (χ0n) is 10.5. The Bertz CT molecular complexity index is 540. The zero-order chi connectivity index (χ0) is 13.7. The van der Waals surface area contributed by atoms with Gasteiger partial charge in [0.15, 0.2) is 11.5 Å². The van der Waals surface area contributed by atoms with Crippen LogP contribution < -0.4 is 9.47 Å². The molecule has 0 fully saturated rings. The third-order valence-corrected chi connectivity index (χ3v) is 4.06. The molecule has 0 aliphatic heterocycles. The second-order valence-electron chi connectivity index (χ2n) is 4.03. The van der Waals surface area contributed by atoms with E-state index >= 15 is 0 Å². The molecular weight excluding hydrogens is 419 g/mol. The van der Waals surface area contributed by atoms with E-state index in [9.17, 15) is 0 Å². The standard InChI is InChI=1S/C15H14BrIO2/c1-18-15-8-12(9-16)4-7-14(15)19-10-11-2-5-13(17)6-3-11/h2-8H,9-10H2,1H3. The van der Waals surface area contributed by atoms with Gasteiger partial charge in [0.05, 0.1) is 7.11 Å². The molecule has 0 aliphatic carbocycles. The smallest absolute Gasteiger partial charge is 0.161 e. The number of alkyl halides is 1. The highest BCUT2D eigenvalue weighted by molar-refractivity contribution is 14.1. The molecule has 0 bridgehead atoms. The van der Waals surface area contributed by atoms with E-state index in [1.807, 2.05) is 18.2 Å². The van der Waals surface area contributed by atoms with Crippen LogP contribution in [0.3, 0.4) is 0 Å². The molecule has 0 amide bonds. The minimum absolute atomic E-state index is 0.543. The van der Waals surface area contributed by atoms with Crippen LogP contribution in [0.25, 0.3) is 0 Å². The molecule has 0 saturated carbocycles. The van der Waals surface area contributed by atoms with E-state index in [0.717, 1.165) is 22.4 Å². The number of hydrogen-bond acceptors (Lipinski definition) is 2. The summed E-state index contributed by atoms with van der Waals surface area (Å²) >= 11 is 5.72. The van der Waals surface area contributed by atoms with Gasteiger partial charge in [-0.2, -0.15) is 0 Å². The number of ether oxygens (including phenoxy) is 2. The van der Waals surface area contributed by atoms with Gasteiger partial charge >= 0.3 is 0 Å². The van der Waals surface area contributed by atoms with Crippen molar-refractivity contribution in [2.24, 2.45) is 0 Å². The van der Waals surface area contributed by atoms with Crippen LogP contribution in [-0.2, 0) is 11.9 Å². The summed E-state index contributed by atoms with van der Waals surface area (Å²) in [5.74, 6) is 1.54. The highest BCUT2D eigenvalue weighted by Crippen LogP contribution is 2.29. The Hall–Kier alpha value is -0.750. The predicted octanol–water partition coefficient (Wildman–Crippen LogP) is 4.77.